The molecule has 7 nitrogen and oxygen atoms in total. The molecule has 0 bridgehead atoms. The fourth-order valence-corrected chi connectivity index (χ4v) is 3.18. The topological polar surface area (TPSA) is 77.4 Å². The summed E-state index contributed by atoms with van der Waals surface area (Å²) in [4.78, 5) is 12.1. The third-order valence-corrected chi connectivity index (χ3v) is 4.56. The predicted octanol–water partition coefficient (Wildman–Crippen LogP) is 1.54. The summed E-state index contributed by atoms with van der Waals surface area (Å²) in [5.74, 6) is -0.114. The molecule has 2 N–H and O–H groups in total. The zero-order valence-corrected chi connectivity index (χ0v) is 15.4. The summed E-state index contributed by atoms with van der Waals surface area (Å²) >= 11 is 0. The van der Waals surface area contributed by atoms with Crippen molar-refractivity contribution in [2.75, 3.05) is 39.5 Å². The Morgan fingerprint density at radius 3 is 3.12 bits per heavy atom. The first kappa shape index (κ1) is 20.2. The Bertz CT molecular complexity index is 514. The van der Waals surface area contributed by atoms with E-state index >= 15 is 0 Å². The number of aromatic nitrogens is 2. The number of halogens is 1. The molecule has 0 aliphatic carbocycles. The van der Waals surface area contributed by atoms with Crippen LogP contribution in [0.4, 0.5) is 0 Å². The molecule has 1 aromatic heterocycles. The maximum atomic E-state index is 12.1. The first-order valence-corrected chi connectivity index (χ1v) is 9.06. The molecule has 1 amide bonds. The van der Waals surface area contributed by atoms with E-state index in [-0.39, 0.29) is 24.4 Å². The number of nitrogens with zero attached hydrogens (tertiary/aromatic N) is 2. The van der Waals surface area contributed by atoms with Gasteiger partial charge in [-0.2, -0.15) is 5.10 Å². The average Bonchev–Trinajstić information content (AvgIpc) is 3.30. The highest BCUT2D eigenvalue weighted by molar-refractivity contribution is 5.92. The number of nitrogens with one attached hydrogen (secondary N) is 2. The molecule has 0 radical (unpaired) electrons. The van der Waals surface area contributed by atoms with Crippen LogP contribution in [-0.2, 0) is 9.47 Å². The second kappa shape index (κ2) is 10.8. The second-order valence-corrected chi connectivity index (χ2v) is 6.50. The lowest BCUT2D eigenvalue weighted by Gasteiger charge is -2.22. The number of carbonyl (C=O) groups excluding carboxylic acids is 1. The van der Waals surface area contributed by atoms with Crippen molar-refractivity contribution in [1.82, 2.24) is 20.4 Å². The molecule has 3 heterocycles. The fraction of sp³-hybridized carbons (Fsp3) is 0.765. The van der Waals surface area contributed by atoms with Gasteiger partial charge in [0.15, 0.2) is 0 Å². The van der Waals surface area contributed by atoms with E-state index < -0.39 is 0 Å². The maximum absolute atomic E-state index is 12.1. The van der Waals surface area contributed by atoms with Gasteiger partial charge in [0.1, 0.15) is 5.69 Å². The van der Waals surface area contributed by atoms with E-state index in [1.165, 1.54) is 0 Å². The number of hydrogen-bond donors (Lipinski definition) is 2. The van der Waals surface area contributed by atoms with E-state index in [4.69, 9.17) is 9.47 Å². The van der Waals surface area contributed by atoms with Crippen molar-refractivity contribution in [3.8, 4) is 0 Å². The molecule has 2 aliphatic heterocycles. The van der Waals surface area contributed by atoms with Gasteiger partial charge in [-0.05, 0) is 44.7 Å². The van der Waals surface area contributed by atoms with Gasteiger partial charge in [0.05, 0.1) is 18.8 Å². The number of carbonyl (C=O) groups is 1. The molecule has 1 aromatic rings. The largest absolute Gasteiger partial charge is 0.379 e. The number of rotatable bonds is 8. The summed E-state index contributed by atoms with van der Waals surface area (Å²) in [5.41, 5.74) is 0.487. The first-order valence-electron chi connectivity index (χ1n) is 9.06. The Balaban J connectivity index is 0.00000225. The van der Waals surface area contributed by atoms with E-state index in [0.717, 1.165) is 51.8 Å². The van der Waals surface area contributed by atoms with Crippen molar-refractivity contribution in [2.24, 2.45) is 0 Å². The van der Waals surface area contributed by atoms with Gasteiger partial charge < -0.3 is 20.1 Å². The van der Waals surface area contributed by atoms with Crippen LogP contribution in [0.3, 0.4) is 0 Å². The van der Waals surface area contributed by atoms with Crippen molar-refractivity contribution in [3.05, 3.63) is 18.0 Å². The number of hydrogen-bond acceptors (Lipinski definition) is 5. The van der Waals surface area contributed by atoms with Crippen LogP contribution in [0.2, 0.25) is 0 Å². The first-order chi connectivity index (χ1) is 11.8. The van der Waals surface area contributed by atoms with Crippen LogP contribution in [-0.4, -0.2) is 61.2 Å². The minimum Gasteiger partial charge on any atom is -0.379 e. The third-order valence-electron chi connectivity index (χ3n) is 4.56. The molecule has 0 saturated carbocycles. The fourth-order valence-electron chi connectivity index (χ4n) is 3.18. The van der Waals surface area contributed by atoms with Gasteiger partial charge in [-0.25, -0.2) is 0 Å². The summed E-state index contributed by atoms with van der Waals surface area (Å²) in [5, 5.41) is 10.7. The SMILES string of the molecule is Cl.O=C(NCCCOCC1CCCO1)c1ccn(C2CCCNC2)n1. The molecule has 142 valence electrons. The van der Waals surface area contributed by atoms with Crippen LogP contribution in [0.1, 0.15) is 48.6 Å². The summed E-state index contributed by atoms with van der Waals surface area (Å²) in [7, 11) is 0. The Morgan fingerprint density at radius 1 is 1.44 bits per heavy atom. The van der Waals surface area contributed by atoms with Crippen molar-refractivity contribution in [3.63, 3.8) is 0 Å². The van der Waals surface area contributed by atoms with Crippen LogP contribution in [0.25, 0.3) is 0 Å². The van der Waals surface area contributed by atoms with E-state index in [1.54, 1.807) is 6.07 Å². The van der Waals surface area contributed by atoms with Crippen LogP contribution in [0.5, 0.6) is 0 Å². The van der Waals surface area contributed by atoms with Crippen LogP contribution >= 0.6 is 12.4 Å². The minimum atomic E-state index is -0.114. The summed E-state index contributed by atoms with van der Waals surface area (Å²) in [6.45, 7) is 4.75. The third kappa shape index (κ3) is 6.26. The quantitative estimate of drug-likeness (QED) is 0.677. The molecule has 0 spiro atoms. The summed E-state index contributed by atoms with van der Waals surface area (Å²) in [6, 6.07) is 2.14. The van der Waals surface area contributed by atoms with Crippen LogP contribution in [0, 0.1) is 0 Å². The molecular weight excluding hydrogens is 344 g/mol. The molecule has 3 rings (SSSR count). The van der Waals surface area contributed by atoms with Gasteiger partial charge in [-0.15, -0.1) is 12.4 Å². The van der Waals surface area contributed by atoms with Crippen molar-refractivity contribution < 1.29 is 14.3 Å². The standard InChI is InChI=1S/C17H28N4O3.ClH/c22-17(19-8-3-10-23-13-15-5-2-11-24-15)16-6-9-21(20-16)14-4-1-7-18-12-14;/h6,9,14-15,18H,1-5,7-8,10-13H2,(H,19,22);1H. The molecular formula is C17H29ClN4O3. The molecule has 2 aliphatic rings. The zero-order valence-electron chi connectivity index (χ0n) is 14.6. The predicted molar refractivity (Wildman–Crippen MR) is 97.4 cm³/mol. The Labute approximate surface area is 155 Å². The van der Waals surface area contributed by atoms with Crippen molar-refractivity contribution >= 4 is 18.3 Å². The summed E-state index contributed by atoms with van der Waals surface area (Å²) in [6.07, 6.45) is 7.44. The molecule has 8 heteroatoms. The van der Waals surface area contributed by atoms with Gasteiger partial charge in [-0.1, -0.05) is 0 Å². The van der Waals surface area contributed by atoms with Crippen molar-refractivity contribution in [2.45, 2.75) is 44.2 Å². The Kier molecular flexibility index (Phi) is 8.67. The van der Waals surface area contributed by atoms with Crippen molar-refractivity contribution in [1.29, 1.82) is 0 Å². The van der Waals surface area contributed by atoms with Gasteiger partial charge in [0.25, 0.3) is 5.91 Å². The van der Waals surface area contributed by atoms with E-state index in [1.807, 2.05) is 10.9 Å². The number of piperidine rings is 1. The smallest absolute Gasteiger partial charge is 0.271 e. The molecule has 2 unspecified atom stereocenters. The number of amides is 1. The Hall–Kier alpha value is -1.15. The second-order valence-electron chi connectivity index (χ2n) is 6.50. The lowest BCUT2D eigenvalue weighted by atomic mass is 10.1. The Morgan fingerprint density at radius 2 is 2.36 bits per heavy atom. The summed E-state index contributed by atoms with van der Waals surface area (Å²) < 4.78 is 13.0. The average molecular weight is 373 g/mol. The maximum Gasteiger partial charge on any atom is 0.271 e. The van der Waals surface area contributed by atoms with Crippen LogP contribution in [0.15, 0.2) is 12.3 Å². The van der Waals surface area contributed by atoms with Gasteiger partial charge in [0, 0.05) is 32.5 Å². The van der Waals surface area contributed by atoms with Crippen LogP contribution < -0.4 is 10.6 Å². The highest BCUT2D eigenvalue weighted by Crippen LogP contribution is 2.15. The highest BCUT2D eigenvalue weighted by atomic mass is 35.5. The lowest BCUT2D eigenvalue weighted by Crippen LogP contribution is -2.32. The zero-order chi connectivity index (χ0) is 16.6. The molecule has 2 atom stereocenters. The molecule has 2 fully saturated rings. The lowest BCUT2D eigenvalue weighted by molar-refractivity contribution is 0.0166. The highest BCUT2D eigenvalue weighted by Gasteiger charge is 2.18. The van der Waals surface area contributed by atoms with Gasteiger partial charge in [-0.3, -0.25) is 9.48 Å². The van der Waals surface area contributed by atoms with Gasteiger partial charge >= 0.3 is 0 Å². The number of ether oxygens (including phenoxy) is 2. The van der Waals surface area contributed by atoms with E-state index in [9.17, 15) is 4.79 Å². The van der Waals surface area contributed by atoms with E-state index in [0.29, 0.717) is 31.5 Å². The minimum absolute atomic E-state index is 0. The molecule has 0 aromatic carbocycles. The monoisotopic (exact) mass is 372 g/mol. The van der Waals surface area contributed by atoms with E-state index in [2.05, 4.69) is 15.7 Å². The molecule has 25 heavy (non-hydrogen) atoms. The van der Waals surface area contributed by atoms with Gasteiger partial charge in [0.2, 0.25) is 0 Å². The molecule has 2 saturated heterocycles. The normalized spacial score (nSPS) is 23.2.